The predicted molar refractivity (Wildman–Crippen MR) is 456 cm³/mol. The normalized spacial score (nSPS) is 50.5. The van der Waals surface area contributed by atoms with Crippen LogP contribution in [0.25, 0.3) is 0 Å². The van der Waals surface area contributed by atoms with Crippen LogP contribution >= 0.6 is 0 Å². The van der Waals surface area contributed by atoms with Crippen LogP contribution in [0.5, 0.6) is 57.5 Å². The van der Waals surface area contributed by atoms with Crippen molar-refractivity contribution in [2.45, 2.75) is 226 Å². The third kappa shape index (κ3) is 21.1. The predicted octanol–water partition coefficient (Wildman–Crippen LogP) is 15.1. The molecule has 5 N–H and O–H groups in total. The topological polar surface area (TPSA) is 210 Å². The lowest BCUT2D eigenvalue weighted by molar-refractivity contribution is -0.0192. The Kier molecular flexibility index (Phi) is 12.5. The lowest BCUT2D eigenvalue weighted by atomic mass is 9.79. The molecule has 5 aromatic rings. The van der Waals surface area contributed by atoms with Crippen molar-refractivity contribution in [1.29, 1.82) is 0 Å². The van der Waals surface area contributed by atoms with Gasteiger partial charge in [0.1, 0.15) is 0 Å². The Hall–Kier alpha value is -6.30. The number of fused-ring (bicyclic) bond motifs is 15. The van der Waals surface area contributed by atoms with Crippen LogP contribution in [0.1, 0.15) is 315 Å². The van der Waals surface area contributed by atoms with Crippen LogP contribution in [0, 0.1) is 59.1 Å². The van der Waals surface area contributed by atoms with Crippen molar-refractivity contribution in [1.82, 2.24) is 24.5 Å². The van der Waals surface area contributed by atoms with Gasteiger partial charge in [-0.15, -0.1) is 0 Å². The summed E-state index contributed by atoms with van der Waals surface area (Å²) in [6.45, 7) is -21.3. The third-order valence-corrected chi connectivity index (χ3v) is 18.7. The van der Waals surface area contributed by atoms with E-state index >= 15 is 0 Å². The summed E-state index contributed by atoms with van der Waals surface area (Å²) in [4.78, 5) is 1.77. The van der Waals surface area contributed by atoms with Crippen molar-refractivity contribution in [3.63, 3.8) is 0 Å². The van der Waals surface area contributed by atoms with E-state index in [1.54, 1.807) is 13.8 Å². The van der Waals surface area contributed by atoms with Crippen molar-refractivity contribution < 1.29 is 169 Å². The molecule has 0 aliphatic carbocycles. The molecule has 0 bridgehead atoms. The molecule has 0 radical (unpaired) electrons. The third-order valence-electron chi connectivity index (χ3n) is 18.7. The first-order valence-electron chi connectivity index (χ1n) is 71.3. The number of piperidine rings is 5. The van der Waals surface area contributed by atoms with Crippen LogP contribution in [-0.2, 0) is 31.9 Å². The smallest absolute Gasteiger partial charge is 0.161 e. The Labute approximate surface area is 788 Å². The van der Waals surface area contributed by atoms with Crippen LogP contribution in [-0.4, -0.2) is 216 Å². The quantitative estimate of drug-likeness (QED) is 0.0491. The van der Waals surface area contributed by atoms with Crippen LogP contribution in [0.4, 0.5) is 0 Å². The zero-order chi connectivity index (χ0) is 145. The van der Waals surface area contributed by atoms with Crippen LogP contribution < -0.4 is 47.4 Å². The van der Waals surface area contributed by atoms with Gasteiger partial charge in [-0.3, -0.25) is 24.5 Å². The molecule has 5 aromatic carbocycles. The summed E-state index contributed by atoms with van der Waals surface area (Å²) in [6, 6.07) is -21.5. The van der Waals surface area contributed by atoms with E-state index in [0.29, 0.717) is 23.6 Å². The molecule has 0 spiro atoms. The van der Waals surface area contributed by atoms with Gasteiger partial charge in [-0.05, 0) is 271 Å². The van der Waals surface area contributed by atoms with E-state index in [1.807, 2.05) is 27.7 Å². The summed E-state index contributed by atoms with van der Waals surface area (Å²) in [7, 11) is -2.06. The highest BCUT2D eigenvalue weighted by atomic mass is 16.5. The number of hydrogen-bond acceptors (Lipinski definition) is 20. The summed E-state index contributed by atoms with van der Waals surface area (Å²) in [5.41, 5.74) is -7.82. The number of nitrogens with zero attached hydrogens (tertiary/aromatic N) is 5. The fourth-order valence-corrected chi connectivity index (χ4v) is 13.5. The average molecular weight is 1670 g/mol. The summed E-state index contributed by atoms with van der Waals surface area (Å²) in [6.07, 6.45) is -49.9. The van der Waals surface area contributed by atoms with Gasteiger partial charge >= 0.3 is 0 Å². The molecule has 640 valence electrons. The standard InChI is InChI=1S/5C19H29NO3/c5*1-12(2)7-14-11-20-6-5-13-8-18(22-3)19(23-4)9-15(13)16(20)10-17(14)21/h5*8-9,12,14,16-17,21H,5-7,10-11H2,1-4H3/i1D3,4D3,5D2,6D2,7D2,8D,9D,10D2,12D,14D,16D,17D;1D3,5D2,6D2,7D2,8D,9D,10D2,12D,14D,16D,17D;4D3,5D2,6D2,8D,9D,10D2,14D,16D,17D;4D3,5D2,6D2,8D,9D,11D2;5D2,6D2,8D,9D,11D2. The number of methoxy groups -OCH3 is 10. The molecule has 17 atom stereocenters. The molecule has 5 saturated heterocycles. The number of benzene rings is 5. The first-order chi connectivity index (χ1) is 82.1. The molecule has 10 aliphatic rings. The Morgan fingerprint density at radius 3 is 0.930 bits per heavy atom. The van der Waals surface area contributed by atoms with E-state index < -0.39 is 411 Å². The van der Waals surface area contributed by atoms with Gasteiger partial charge < -0.3 is 72.9 Å². The van der Waals surface area contributed by atoms with Gasteiger partial charge in [-0.2, -0.15) is 0 Å². The van der Waals surface area contributed by atoms with Crippen molar-refractivity contribution in [3.05, 3.63) is 116 Å². The van der Waals surface area contributed by atoms with Crippen LogP contribution in [0.3, 0.4) is 0 Å². The van der Waals surface area contributed by atoms with Crippen molar-refractivity contribution in [3.8, 4) is 57.5 Å². The maximum atomic E-state index is 11.4. The van der Waals surface area contributed by atoms with Gasteiger partial charge in [-0.25, -0.2) is 0 Å². The largest absolute Gasteiger partial charge is 0.493 e. The molecule has 0 amide bonds. The molecular weight excluding hydrogens is 1450 g/mol. The zero-order valence-electron chi connectivity index (χ0n) is 136. The molecule has 20 heteroatoms. The highest BCUT2D eigenvalue weighted by Crippen LogP contribution is 2.50. The second-order valence-corrected chi connectivity index (χ2v) is 28.3. The summed E-state index contributed by atoms with van der Waals surface area (Å²) < 4.78 is 641. The van der Waals surface area contributed by atoms with Crippen LogP contribution in [0.2, 0.25) is 0 Å². The lowest BCUT2D eigenvalue weighted by Gasteiger charge is -2.46. The molecule has 5 fully saturated rings. The van der Waals surface area contributed by atoms with Gasteiger partial charge in [-0.1, -0.05) is 69.1 Å². The number of aliphatic hydroxyl groups is 5. The van der Waals surface area contributed by atoms with Crippen molar-refractivity contribution in [2.75, 3.05) is 136 Å². The number of rotatable bonds is 20. The molecular formula is C95H145N5O15. The number of ether oxygens (including phenoxy) is 10. The molecule has 0 saturated carbocycles. The monoisotopic (exact) mass is 1670 g/mol. The maximum Gasteiger partial charge on any atom is 0.161 e. The summed E-state index contributed by atoms with van der Waals surface area (Å²) in [5.74, 6) is -25.4. The maximum absolute atomic E-state index is 11.4. The van der Waals surface area contributed by atoms with Gasteiger partial charge in [0, 0.05) is 157 Å². The average Bonchev–Trinajstić information content (AvgIpc) is 0.645. The van der Waals surface area contributed by atoms with E-state index in [9.17, 15) is 29.6 Å². The molecule has 15 rings (SSSR count). The van der Waals surface area contributed by atoms with Gasteiger partial charge in [0.05, 0.1) is 136 Å². The lowest BCUT2D eigenvalue weighted by Crippen LogP contribution is -2.48. The van der Waals surface area contributed by atoms with Gasteiger partial charge in [0.2, 0.25) is 0 Å². The van der Waals surface area contributed by atoms with E-state index in [4.69, 9.17) is 139 Å². The highest BCUT2D eigenvalue weighted by molar-refractivity contribution is 5.54. The molecule has 0 aromatic heterocycles. The molecule has 115 heavy (non-hydrogen) atoms. The Bertz CT molecular complexity index is 7470. The van der Waals surface area contributed by atoms with Gasteiger partial charge in [0.15, 0.2) is 57.5 Å². The zero-order valence-corrected chi connectivity index (χ0v) is 65.9. The molecule has 10 aliphatic heterocycles. The molecule has 10 heterocycles. The Morgan fingerprint density at radius 1 is 0.383 bits per heavy atom. The number of aliphatic hydroxyl groups excluding tert-OH is 2. The molecule has 20 nitrogen and oxygen atoms in total. The van der Waals surface area contributed by atoms with E-state index in [2.05, 4.69) is 0 Å². The Balaban J connectivity index is 0.000000215. The molecule has 17 unspecified atom stereocenters. The summed E-state index contributed by atoms with van der Waals surface area (Å²) >= 11 is 0. The van der Waals surface area contributed by atoms with E-state index in [1.165, 1.54) is 14.2 Å². The fourth-order valence-electron chi connectivity index (χ4n) is 13.5. The van der Waals surface area contributed by atoms with Crippen molar-refractivity contribution >= 4 is 0 Å². The second-order valence-electron chi connectivity index (χ2n) is 28.3. The minimum atomic E-state index is -4.26. The van der Waals surface area contributed by atoms with E-state index in [-0.39, 0.29) is 88.0 Å². The minimum absolute atomic E-state index is 0.00909. The summed E-state index contributed by atoms with van der Waals surface area (Å²) in [5, 5.41) is 55.7. The van der Waals surface area contributed by atoms with Crippen LogP contribution in [0.15, 0.2) is 60.4 Å². The first-order valence-corrected chi connectivity index (χ1v) is 36.3. The fraction of sp³-hybridized carbons (Fsp3) is 0.684. The van der Waals surface area contributed by atoms with Crippen molar-refractivity contribution in [2.24, 2.45) is 59.1 Å². The minimum Gasteiger partial charge on any atom is -0.493 e. The van der Waals surface area contributed by atoms with Gasteiger partial charge in [0.25, 0.3) is 0 Å². The first kappa shape index (κ1) is 35.4. The second kappa shape index (κ2) is 40.6. The number of hydrogen-bond donors (Lipinski definition) is 5. The SMILES string of the molecule is [2H]c1c(OC([2H])([2H])[2H])c(OC)c([2H])c2c1C1CC(O)C(CC(C)C)C([2H])([2H])N1C([2H])([2H])C2([2H])[2H].[2H]c1c(OC)c(OC([2H])([2H])[2H])c([2H])c2c1C([2H])([2H])C([2H])([2H])N1CC([2H])(C([2H])([2H])C([2H])(C)C([2H])([2H])[2H])C([2H])(O)C([2H])([2H])C21[2H].[2H]c1c(OC)c(OC([2H])([2H])[2H])c([2H])c2c1C([2H])([2H])C([2H])([2H])N1CC([2H])(CC(C)C)C([2H])(O)C([2H])([2H])C21[2H].[2H]c1c(OC)c(OC)c([2H])c2c1C([2H])([2H])C([2H])([2H])N1CC([2H])(C([2H])([2H])C([2H])(C)C([2H])([2H])[2H])C([2H])(O)C([2H])([2H])C21[2H].[2H]c1c(OC)c(OC)c([2H])c2c1C1CC(O)C(CC(C)C)C([2H])([2H])N1C([2H])([2H])C2([2H])[2H]. The van der Waals surface area contributed by atoms with E-state index in [0.717, 1.165) is 40.4 Å². The highest BCUT2D eigenvalue weighted by Gasteiger charge is 2.45. The Morgan fingerprint density at radius 2 is 0.643 bits per heavy atom.